The number of benzene rings is 1. The molecule has 2 aromatic rings. The molecule has 6 nitrogen and oxygen atoms in total. The van der Waals surface area contributed by atoms with Crippen LogP contribution in [0.5, 0.6) is 0 Å². The van der Waals surface area contributed by atoms with Gasteiger partial charge in [-0.2, -0.15) is 0 Å². The van der Waals surface area contributed by atoms with Gasteiger partial charge in [0, 0.05) is 11.3 Å². The first-order valence-corrected chi connectivity index (χ1v) is 11.3. The second-order valence-electron chi connectivity index (χ2n) is 4.61. The fraction of sp³-hybridized carbons (Fsp3) is 0.308. The molecule has 23 heavy (non-hydrogen) atoms. The van der Waals surface area contributed by atoms with Crippen LogP contribution in [0.25, 0.3) is 0 Å². The molecule has 0 radical (unpaired) electrons. The summed E-state index contributed by atoms with van der Waals surface area (Å²) in [5.41, 5.74) is 0.955. The number of nitrogens with zero attached hydrogens (tertiary/aromatic N) is 2. The van der Waals surface area contributed by atoms with Gasteiger partial charge in [-0.25, -0.2) is 8.42 Å². The van der Waals surface area contributed by atoms with E-state index in [2.05, 4.69) is 14.9 Å². The zero-order valence-corrected chi connectivity index (χ0v) is 15.9. The van der Waals surface area contributed by atoms with Gasteiger partial charge in [0.2, 0.25) is 10.0 Å². The van der Waals surface area contributed by atoms with Crippen LogP contribution in [-0.4, -0.2) is 42.2 Å². The van der Waals surface area contributed by atoms with Crippen LogP contribution in [0.1, 0.15) is 17.3 Å². The van der Waals surface area contributed by atoms with Crippen molar-refractivity contribution < 1.29 is 13.2 Å². The van der Waals surface area contributed by atoms with Crippen LogP contribution < -0.4 is 4.72 Å². The second-order valence-corrected chi connectivity index (χ2v) is 9.98. The third-order valence-corrected chi connectivity index (χ3v) is 6.37. The van der Waals surface area contributed by atoms with Crippen molar-refractivity contribution in [2.24, 2.45) is 0 Å². The van der Waals surface area contributed by atoms with Gasteiger partial charge in [-0.05, 0) is 37.4 Å². The Morgan fingerprint density at radius 2 is 1.83 bits per heavy atom. The van der Waals surface area contributed by atoms with E-state index in [-0.39, 0.29) is 11.0 Å². The number of aromatic nitrogens is 2. The summed E-state index contributed by atoms with van der Waals surface area (Å²) in [6.07, 6.45) is 3.01. The van der Waals surface area contributed by atoms with E-state index in [9.17, 15) is 13.2 Å². The maximum Gasteiger partial charge on any atom is 0.229 e. The first-order chi connectivity index (χ1) is 10.8. The van der Waals surface area contributed by atoms with Gasteiger partial charge < -0.3 is 0 Å². The predicted molar refractivity (Wildman–Crippen MR) is 96.2 cm³/mol. The molecule has 1 heterocycles. The number of hydrogen-bond acceptors (Lipinski definition) is 8. The van der Waals surface area contributed by atoms with Crippen LogP contribution in [0.2, 0.25) is 0 Å². The smallest absolute Gasteiger partial charge is 0.229 e. The average Bonchev–Trinajstić information content (AvgIpc) is 2.93. The number of sulfonamides is 1. The van der Waals surface area contributed by atoms with Crippen molar-refractivity contribution in [2.75, 3.05) is 17.2 Å². The van der Waals surface area contributed by atoms with Gasteiger partial charge in [0.05, 0.1) is 11.5 Å². The van der Waals surface area contributed by atoms with E-state index in [1.165, 1.54) is 34.9 Å². The molecule has 0 aliphatic rings. The van der Waals surface area contributed by atoms with E-state index in [0.717, 1.165) is 14.9 Å². The van der Waals surface area contributed by atoms with Crippen molar-refractivity contribution in [3.63, 3.8) is 0 Å². The number of carbonyl (C=O) groups is 1. The minimum absolute atomic E-state index is 0.0400. The maximum atomic E-state index is 12.4. The molecular formula is C13H15N3O3S4. The second kappa shape index (κ2) is 7.65. The molecule has 2 rings (SSSR count). The van der Waals surface area contributed by atoms with Gasteiger partial charge in [-0.1, -0.05) is 34.9 Å². The standard InChI is InChI=1S/C13H15N3O3S4/c1-8(21-13-15-14-12(20-2)22-13)11(17)9-4-6-10(7-5-9)16-23(3,18)19/h4-8,16H,1-3H3/t8-/m1/s1. The maximum absolute atomic E-state index is 12.4. The lowest BCUT2D eigenvalue weighted by Gasteiger charge is -2.09. The highest BCUT2D eigenvalue weighted by molar-refractivity contribution is 8.03. The molecule has 0 saturated heterocycles. The summed E-state index contributed by atoms with van der Waals surface area (Å²) >= 11 is 4.34. The van der Waals surface area contributed by atoms with Crippen molar-refractivity contribution in [3.05, 3.63) is 29.8 Å². The Morgan fingerprint density at radius 3 is 2.35 bits per heavy atom. The minimum Gasteiger partial charge on any atom is -0.293 e. The average molecular weight is 390 g/mol. The Labute approximate surface area is 147 Å². The van der Waals surface area contributed by atoms with Crippen LogP contribution in [-0.2, 0) is 10.0 Å². The highest BCUT2D eigenvalue weighted by Gasteiger charge is 2.19. The van der Waals surface area contributed by atoms with Crippen molar-refractivity contribution in [1.82, 2.24) is 10.2 Å². The number of carbonyl (C=O) groups excluding carboxylic acids is 1. The van der Waals surface area contributed by atoms with Gasteiger partial charge in [0.15, 0.2) is 14.5 Å². The Kier molecular flexibility index (Phi) is 6.06. The summed E-state index contributed by atoms with van der Waals surface area (Å²) in [5, 5.41) is 7.74. The molecule has 0 saturated carbocycles. The van der Waals surface area contributed by atoms with Crippen molar-refractivity contribution in [3.8, 4) is 0 Å². The van der Waals surface area contributed by atoms with Crippen molar-refractivity contribution >= 4 is 56.4 Å². The number of anilines is 1. The van der Waals surface area contributed by atoms with E-state index < -0.39 is 10.0 Å². The lowest BCUT2D eigenvalue weighted by molar-refractivity contribution is 0.0994. The summed E-state index contributed by atoms with van der Waals surface area (Å²) in [4.78, 5) is 12.4. The van der Waals surface area contributed by atoms with Gasteiger partial charge in [-0.3, -0.25) is 9.52 Å². The molecule has 124 valence electrons. The summed E-state index contributed by atoms with van der Waals surface area (Å²) in [5.74, 6) is -0.0400. The number of hydrogen-bond donors (Lipinski definition) is 1. The van der Waals surface area contributed by atoms with Crippen LogP contribution in [0.4, 0.5) is 5.69 Å². The van der Waals surface area contributed by atoms with Crippen LogP contribution in [0, 0.1) is 0 Å². The van der Waals surface area contributed by atoms with Crippen molar-refractivity contribution in [2.45, 2.75) is 20.9 Å². The van der Waals surface area contributed by atoms with Crippen LogP contribution >= 0.6 is 34.9 Å². The van der Waals surface area contributed by atoms with E-state index in [1.54, 1.807) is 24.3 Å². The molecule has 1 aromatic heterocycles. The minimum atomic E-state index is -3.32. The Bertz CT molecular complexity index is 787. The molecule has 0 spiro atoms. The molecule has 0 unspecified atom stereocenters. The largest absolute Gasteiger partial charge is 0.293 e. The van der Waals surface area contributed by atoms with Gasteiger partial charge in [0.25, 0.3) is 0 Å². The first kappa shape index (κ1) is 18.2. The summed E-state index contributed by atoms with van der Waals surface area (Å²) in [6, 6.07) is 6.37. The zero-order chi connectivity index (χ0) is 17.0. The number of rotatable bonds is 7. The molecule has 1 N–H and O–H groups in total. The highest BCUT2D eigenvalue weighted by Crippen LogP contribution is 2.31. The Balaban J connectivity index is 2.04. The van der Waals surface area contributed by atoms with Crippen LogP contribution in [0.3, 0.4) is 0 Å². The molecular weight excluding hydrogens is 374 g/mol. The lowest BCUT2D eigenvalue weighted by atomic mass is 10.1. The fourth-order valence-corrected chi connectivity index (χ4v) is 4.91. The summed E-state index contributed by atoms with van der Waals surface area (Å²) in [7, 11) is -3.32. The van der Waals surface area contributed by atoms with Crippen molar-refractivity contribution in [1.29, 1.82) is 0 Å². The summed E-state index contributed by atoms with van der Waals surface area (Å²) in [6.45, 7) is 1.82. The number of nitrogens with one attached hydrogen (secondary N) is 1. The molecule has 0 bridgehead atoms. The van der Waals surface area contributed by atoms with Gasteiger partial charge in [0.1, 0.15) is 0 Å². The topological polar surface area (TPSA) is 89.0 Å². The van der Waals surface area contributed by atoms with Crippen LogP contribution in [0.15, 0.2) is 32.9 Å². The molecule has 0 fully saturated rings. The number of ketones is 1. The zero-order valence-electron chi connectivity index (χ0n) is 12.6. The van der Waals surface area contributed by atoms with Gasteiger partial charge in [-0.15, -0.1) is 10.2 Å². The predicted octanol–water partition coefficient (Wildman–Crippen LogP) is 3.00. The SMILES string of the molecule is CSc1nnc(S[C@H](C)C(=O)c2ccc(NS(C)(=O)=O)cc2)s1. The highest BCUT2D eigenvalue weighted by atomic mass is 32.2. The molecule has 0 aliphatic heterocycles. The third-order valence-electron chi connectivity index (χ3n) is 2.68. The monoisotopic (exact) mass is 389 g/mol. The lowest BCUT2D eigenvalue weighted by Crippen LogP contribution is -2.14. The molecule has 0 amide bonds. The molecule has 1 aromatic carbocycles. The Morgan fingerprint density at radius 1 is 1.22 bits per heavy atom. The van der Waals surface area contributed by atoms with E-state index in [1.807, 2.05) is 13.2 Å². The normalized spacial score (nSPS) is 12.8. The van der Waals surface area contributed by atoms with E-state index >= 15 is 0 Å². The number of Topliss-reactive ketones (excluding diaryl/α,β-unsaturated/α-hetero) is 1. The van der Waals surface area contributed by atoms with E-state index in [0.29, 0.717) is 11.3 Å². The van der Waals surface area contributed by atoms with Gasteiger partial charge >= 0.3 is 0 Å². The molecule has 0 aliphatic carbocycles. The molecule has 1 atom stereocenters. The fourth-order valence-electron chi connectivity index (χ4n) is 1.68. The third kappa shape index (κ3) is 5.48. The quantitative estimate of drug-likeness (QED) is 0.575. The molecule has 10 heteroatoms. The van der Waals surface area contributed by atoms with E-state index in [4.69, 9.17) is 0 Å². The first-order valence-electron chi connectivity index (χ1n) is 6.44. The summed E-state index contributed by atoms with van der Waals surface area (Å²) < 4.78 is 26.3. The number of thioether (sulfide) groups is 2. The Hall–Kier alpha value is -1.10.